The maximum absolute atomic E-state index is 9.15. The van der Waals surface area contributed by atoms with Crippen molar-refractivity contribution in [3.63, 3.8) is 0 Å². The van der Waals surface area contributed by atoms with Gasteiger partial charge in [0.15, 0.2) is 6.79 Å². The normalized spacial score (nSPS) is 14.2. The van der Waals surface area contributed by atoms with E-state index in [2.05, 4.69) is 4.90 Å². The number of aliphatic hydroxyl groups is 1. The summed E-state index contributed by atoms with van der Waals surface area (Å²) in [4.78, 5) is 2.11. The maximum Gasteiger partial charge on any atom is 0.189 e. The minimum absolute atomic E-state index is 0.109. The average Bonchev–Trinajstić information content (AvgIpc) is 2.44. The number of methoxy groups -OCH3 is 1. The molecule has 6 nitrogen and oxygen atoms in total. The van der Waals surface area contributed by atoms with Gasteiger partial charge in [-0.05, 0) is 12.1 Å². The number of anilines is 1. The molecule has 1 aromatic carbocycles. The Hall–Kier alpha value is -1.34. The van der Waals surface area contributed by atoms with Crippen molar-refractivity contribution < 1.29 is 19.3 Å². The van der Waals surface area contributed by atoms with Gasteiger partial charge in [0, 0.05) is 43.6 Å². The van der Waals surface area contributed by atoms with Crippen molar-refractivity contribution in [2.24, 2.45) is 0 Å². The van der Waals surface area contributed by atoms with Gasteiger partial charge < -0.3 is 25.1 Å². The van der Waals surface area contributed by atoms with E-state index in [1.54, 1.807) is 7.11 Å². The molecule has 3 N–H and O–H groups in total. The second-order valence-corrected chi connectivity index (χ2v) is 4.77. The third kappa shape index (κ3) is 3.83. The molecule has 0 aromatic heterocycles. The molecule has 0 unspecified atom stereocenters. The molecule has 2 rings (SSSR count). The molecule has 0 radical (unpaired) electrons. The fraction of sp³-hybridized carbons (Fsp3) is 0.571. The van der Waals surface area contributed by atoms with Crippen LogP contribution in [0.4, 0.5) is 5.69 Å². The van der Waals surface area contributed by atoms with E-state index in [4.69, 9.17) is 25.1 Å². The lowest BCUT2D eigenvalue weighted by molar-refractivity contribution is -0.0175. The first-order valence-corrected chi connectivity index (χ1v) is 6.68. The molecule has 0 spiro atoms. The second-order valence-electron chi connectivity index (χ2n) is 4.77. The summed E-state index contributed by atoms with van der Waals surface area (Å²) in [6.45, 7) is 3.51. The van der Waals surface area contributed by atoms with Crippen LogP contribution in [0.15, 0.2) is 12.1 Å². The predicted molar refractivity (Wildman–Crippen MR) is 75.4 cm³/mol. The lowest BCUT2D eigenvalue weighted by atomic mass is 10.1. The van der Waals surface area contributed by atoms with Crippen molar-refractivity contribution in [3.8, 4) is 5.75 Å². The standard InChI is InChI=1S/C14H22N2O4/c1-18-5-3-16(2-4-17)8-11-6-13(15)7-12-9-19-10-20-14(11)12/h6-7,17H,2-5,8-10,15H2,1H3. The maximum atomic E-state index is 9.15. The molecule has 0 amide bonds. The van der Waals surface area contributed by atoms with E-state index in [-0.39, 0.29) is 13.4 Å². The summed E-state index contributed by atoms with van der Waals surface area (Å²) in [5.74, 6) is 0.853. The Morgan fingerprint density at radius 2 is 2.25 bits per heavy atom. The van der Waals surface area contributed by atoms with Gasteiger partial charge in [-0.25, -0.2) is 0 Å². The first-order valence-electron chi connectivity index (χ1n) is 6.68. The number of rotatable bonds is 7. The van der Waals surface area contributed by atoms with Crippen LogP contribution in [0.5, 0.6) is 5.75 Å². The molecule has 1 heterocycles. The molecule has 0 bridgehead atoms. The van der Waals surface area contributed by atoms with Gasteiger partial charge in [-0.3, -0.25) is 4.90 Å². The Morgan fingerprint density at radius 3 is 3.00 bits per heavy atom. The van der Waals surface area contributed by atoms with Crippen molar-refractivity contribution in [2.75, 3.05) is 45.9 Å². The summed E-state index contributed by atoms with van der Waals surface area (Å²) in [5.41, 5.74) is 8.62. The van der Waals surface area contributed by atoms with Crippen LogP contribution in [0.1, 0.15) is 11.1 Å². The molecule has 6 heteroatoms. The van der Waals surface area contributed by atoms with Crippen molar-refractivity contribution in [1.82, 2.24) is 4.90 Å². The first-order chi connectivity index (χ1) is 9.74. The summed E-state index contributed by atoms with van der Waals surface area (Å²) in [5, 5.41) is 9.15. The molecular weight excluding hydrogens is 260 g/mol. The Bertz CT molecular complexity index is 439. The van der Waals surface area contributed by atoms with Crippen LogP contribution in [-0.4, -0.2) is 50.2 Å². The quantitative estimate of drug-likeness (QED) is 0.712. The van der Waals surface area contributed by atoms with Crippen molar-refractivity contribution >= 4 is 5.69 Å². The fourth-order valence-electron chi connectivity index (χ4n) is 2.32. The number of hydrogen-bond donors (Lipinski definition) is 2. The Balaban J connectivity index is 2.15. The minimum Gasteiger partial charge on any atom is -0.467 e. The van der Waals surface area contributed by atoms with Gasteiger partial charge in [-0.15, -0.1) is 0 Å². The third-order valence-electron chi connectivity index (χ3n) is 3.23. The van der Waals surface area contributed by atoms with Gasteiger partial charge in [-0.2, -0.15) is 0 Å². The molecular formula is C14H22N2O4. The van der Waals surface area contributed by atoms with E-state index >= 15 is 0 Å². The monoisotopic (exact) mass is 282 g/mol. The summed E-state index contributed by atoms with van der Waals surface area (Å²) >= 11 is 0. The summed E-state index contributed by atoms with van der Waals surface area (Å²) < 4.78 is 16.0. The topological polar surface area (TPSA) is 77.2 Å². The molecule has 0 saturated carbocycles. The van der Waals surface area contributed by atoms with Crippen LogP contribution in [0.2, 0.25) is 0 Å². The first kappa shape index (κ1) is 15.1. The van der Waals surface area contributed by atoms with Crippen LogP contribution >= 0.6 is 0 Å². The Morgan fingerprint density at radius 1 is 1.40 bits per heavy atom. The smallest absolute Gasteiger partial charge is 0.189 e. The number of nitrogens with two attached hydrogens (primary N) is 1. The van der Waals surface area contributed by atoms with Gasteiger partial charge >= 0.3 is 0 Å². The number of hydrogen-bond acceptors (Lipinski definition) is 6. The summed E-state index contributed by atoms with van der Waals surface area (Å²) in [6, 6.07) is 3.80. The average molecular weight is 282 g/mol. The number of fused-ring (bicyclic) bond motifs is 1. The second kappa shape index (κ2) is 7.44. The van der Waals surface area contributed by atoms with Gasteiger partial charge in [-0.1, -0.05) is 0 Å². The van der Waals surface area contributed by atoms with Gasteiger partial charge in [0.25, 0.3) is 0 Å². The zero-order valence-corrected chi connectivity index (χ0v) is 11.8. The van der Waals surface area contributed by atoms with E-state index in [9.17, 15) is 0 Å². The molecule has 0 atom stereocenters. The van der Waals surface area contributed by atoms with Gasteiger partial charge in [0.05, 0.1) is 19.8 Å². The molecule has 1 aliphatic rings. The van der Waals surface area contributed by atoms with Crippen molar-refractivity contribution in [1.29, 1.82) is 0 Å². The lowest BCUT2D eigenvalue weighted by Gasteiger charge is -2.25. The van der Waals surface area contributed by atoms with Gasteiger partial charge in [0.1, 0.15) is 5.75 Å². The molecule has 0 saturated heterocycles. The molecule has 1 aromatic rings. The number of nitrogen functional groups attached to an aromatic ring is 1. The van der Waals surface area contributed by atoms with Crippen LogP contribution in [0.3, 0.4) is 0 Å². The molecule has 20 heavy (non-hydrogen) atoms. The van der Waals surface area contributed by atoms with E-state index in [1.807, 2.05) is 12.1 Å². The molecule has 0 aliphatic carbocycles. The summed E-state index contributed by atoms with van der Waals surface area (Å²) in [6.07, 6.45) is 0. The van der Waals surface area contributed by atoms with Crippen LogP contribution in [0, 0.1) is 0 Å². The van der Waals surface area contributed by atoms with E-state index in [1.165, 1.54) is 0 Å². The third-order valence-corrected chi connectivity index (χ3v) is 3.23. The predicted octanol–water partition coefficient (Wildman–Crippen LogP) is 0.576. The number of nitrogens with zero attached hydrogens (tertiary/aromatic N) is 1. The fourth-order valence-corrected chi connectivity index (χ4v) is 2.32. The number of ether oxygens (including phenoxy) is 3. The zero-order chi connectivity index (χ0) is 14.4. The molecule has 1 aliphatic heterocycles. The van der Waals surface area contributed by atoms with E-state index < -0.39 is 0 Å². The van der Waals surface area contributed by atoms with Crippen molar-refractivity contribution in [2.45, 2.75) is 13.2 Å². The minimum atomic E-state index is 0.109. The Kier molecular flexibility index (Phi) is 5.60. The zero-order valence-electron chi connectivity index (χ0n) is 11.8. The summed E-state index contributed by atoms with van der Waals surface area (Å²) in [7, 11) is 1.67. The SMILES string of the molecule is COCCN(CCO)Cc1cc(N)cc2c1OCOC2. The molecule has 0 fully saturated rings. The van der Waals surface area contributed by atoms with Crippen LogP contribution in [-0.2, 0) is 22.6 Å². The number of benzene rings is 1. The van der Waals surface area contributed by atoms with Crippen LogP contribution in [0.25, 0.3) is 0 Å². The van der Waals surface area contributed by atoms with E-state index in [0.717, 1.165) is 23.4 Å². The molecule has 112 valence electrons. The van der Waals surface area contributed by atoms with E-state index in [0.29, 0.717) is 32.0 Å². The number of aliphatic hydroxyl groups excluding tert-OH is 1. The lowest BCUT2D eigenvalue weighted by Crippen LogP contribution is -2.30. The largest absolute Gasteiger partial charge is 0.467 e. The highest BCUT2D eigenvalue weighted by Crippen LogP contribution is 2.31. The van der Waals surface area contributed by atoms with Gasteiger partial charge in [0.2, 0.25) is 0 Å². The highest BCUT2D eigenvalue weighted by atomic mass is 16.7. The highest BCUT2D eigenvalue weighted by molar-refractivity contribution is 5.53. The van der Waals surface area contributed by atoms with Crippen LogP contribution < -0.4 is 10.5 Å². The Labute approximate surface area is 119 Å². The highest BCUT2D eigenvalue weighted by Gasteiger charge is 2.18. The van der Waals surface area contributed by atoms with Crippen molar-refractivity contribution in [3.05, 3.63) is 23.3 Å².